The summed E-state index contributed by atoms with van der Waals surface area (Å²) in [6, 6.07) is 12.1. The van der Waals surface area contributed by atoms with Crippen molar-refractivity contribution in [2.75, 3.05) is 39.6 Å². The Morgan fingerprint density at radius 1 is 1.18 bits per heavy atom. The number of ether oxygens (including phenoxy) is 1. The van der Waals surface area contributed by atoms with Crippen molar-refractivity contribution in [2.24, 2.45) is 0 Å². The third-order valence-corrected chi connectivity index (χ3v) is 6.87. The second-order valence-electron chi connectivity index (χ2n) is 6.83. The van der Waals surface area contributed by atoms with Crippen LogP contribution in [-0.4, -0.2) is 51.6 Å². The molecular weight excluding hydrogens is 398 g/mol. The Balaban J connectivity index is 2.06. The van der Waals surface area contributed by atoms with Gasteiger partial charge in [-0.25, -0.2) is 12.4 Å². The molecule has 0 saturated carbocycles. The van der Waals surface area contributed by atoms with Gasteiger partial charge in [-0.2, -0.15) is 0 Å². The highest BCUT2D eigenvalue weighted by Gasteiger charge is 2.25. The summed E-state index contributed by atoms with van der Waals surface area (Å²) >= 11 is 6.49. The summed E-state index contributed by atoms with van der Waals surface area (Å²) in [6.07, 6.45) is 0. The highest BCUT2D eigenvalue weighted by atomic mass is 35.5. The molecule has 0 bridgehead atoms. The van der Waals surface area contributed by atoms with Crippen LogP contribution in [0.15, 0.2) is 47.4 Å². The summed E-state index contributed by atoms with van der Waals surface area (Å²) in [5.74, 6) is 0.673. The summed E-state index contributed by atoms with van der Waals surface area (Å²) < 4.78 is 33.5. The maximum absolute atomic E-state index is 13.5. The van der Waals surface area contributed by atoms with Crippen molar-refractivity contribution >= 4 is 38.2 Å². The van der Waals surface area contributed by atoms with E-state index in [9.17, 15) is 8.42 Å². The summed E-state index contributed by atoms with van der Waals surface area (Å²) in [5.41, 5.74) is 1.78. The van der Waals surface area contributed by atoms with E-state index in [2.05, 4.69) is 5.32 Å². The lowest BCUT2D eigenvalue weighted by Crippen LogP contribution is -2.21. The van der Waals surface area contributed by atoms with E-state index < -0.39 is 10.0 Å². The molecule has 0 unspecified atom stereocenters. The fraction of sp³-hybridized carbons (Fsp3) is 0.300. The molecule has 28 heavy (non-hydrogen) atoms. The zero-order chi connectivity index (χ0) is 20.5. The molecule has 6 nitrogen and oxygen atoms in total. The van der Waals surface area contributed by atoms with E-state index in [0.29, 0.717) is 29.2 Å². The van der Waals surface area contributed by atoms with Gasteiger partial charge in [-0.1, -0.05) is 17.7 Å². The lowest BCUT2D eigenvalue weighted by Gasteiger charge is -2.16. The fourth-order valence-electron chi connectivity index (χ4n) is 3.11. The number of benzene rings is 2. The van der Waals surface area contributed by atoms with Gasteiger partial charge in [0.25, 0.3) is 10.0 Å². The average Bonchev–Trinajstić information content (AvgIpc) is 2.98. The van der Waals surface area contributed by atoms with Crippen molar-refractivity contribution in [1.82, 2.24) is 8.87 Å². The molecule has 0 radical (unpaired) electrons. The van der Waals surface area contributed by atoms with Crippen LogP contribution < -0.4 is 10.1 Å². The molecule has 0 aliphatic carbocycles. The van der Waals surface area contributed by atoms with Crippen molar-refractivity contribution in [2.45, 2.75) is 11.8 Å². The van der Waals surface area contributed by atoms with Gasteiger partial charge in [0.1, 0.15) is 10.6 Å². The molecule has 0 aliphatic heterocycles. The Bertz CT molecular complexity index is 1110. The van der Waals surface area contributed by atoms with Gasteiger partial charge in [-0.05, 0) is 57.4 Å². The quantitative estimate of drug-likeness (QED) is 0.628. The van der Waals surface area contributed by atoms with E-state index in [-0.39, 0.29) is 9.92 Å². The van der Waals surface area contributed by atoms with E-state index in [1.165, 1.54) is 10.0 Å². The molecule has 0 amide bonds. The number of nitrogens with one attached hydrogen (secondary N) is 1. The van der Waals surface area contributed by atoms with Gasteiger partial charge < -0.3 is 15.0 Å². The number of anilines is 1. The highest BCUT2D eigenvalue weighted by molar-refractivity contribution is 7.90. The number of hydrogen-bond acceptors (Lipinski definition) is 5. The molecule has 2 aromatic carbocycles. The lowest BCUT2D eigenvalue weighted by atomic mass is 10.2. The van der Waals surface area contributed by atoms with Crippen LogP contribution in [0.5, 0.6) is 5.75 Å². The fourth-order valence-corrected chi connectivity index (χ4v) is 5.24. The highest BCUT2D eigenvalue weighted by Crippen LogP contribution is 2.34. The molecule has 0 fully saturated rings. The zero-order valence-corrected chi connectivity index (χ0v) is 17.9. The van der Waals surface area contributed by atoms with E-state index >= 15 is 0 Å². The topological polar surface area (TPSA) is 63.6 Å². The number of rotatable bonds is 7. The van der Waals surface area contributed by atoms with Gasteiger partial charge in [0.15, 0.2) is 0 Å². The number of aryl methyl sites for hydroxylation is 1. The number of likely N-dealkylation sites (N-methyl/N-ethyl adjacent to an activating group) is 1. The van der Waals surface area contributed by atoms with Crippen LogP contribution >= 0.6 is 11.6 Å². The van der Waals surface area contributed by atoms with E-state index in [4.69, 9.17) is 16.3 Å². The monoisotopic (exact) mass is 421 g/mol. The Hall–Kier alpha value is -2.22. The van der Waals surface area contributed by atoms with Gasteiger partial charge in [0.2, 0.25) is 0 Å². The number of halogens is 1. The van der Waals surface area contributed by atoms with Crippen LogP contribution in [0.1, 0.15) is 5.69 Å². The van der Waals surface area contributed by atoms with Crippen molar-refractivity contribution < 1.29 is 13.2 Å². The number of methoxy groups -OCH3 is 1. The first-order chi connectivity index (χ1) is 13.3. The molecule has 1 heterocycles. The first-order valence-electron chi connectivity index (χ1n) is 8.84. The third-order valence-electron chi connectivity index (χ3n) is 4.49. The predicted octanol–water partition coefficient (Wildman–Crippen LogP) is 3.82. The third kappa shape index (κ3) is 3.83. The van der Waals surface area contributed by atoms with Crippen LogP contribution in [0.4, 0.5) is 5.69 Å². The molecule has 8 heteroatoms. The summed E-state index contributed by atoms with van der Waals surface area (Å²) in [6.45, 7) is 3.22. The van der Waals surface area contributed by atoms with E-state index in [1.807, 2.05) is 31.1 Å². The van der Waals surface area contributed by atoms with Gasteiger partial charge in [0, 0.05) is 24.2 Å². The molecule has 0 aliphatic rings. The summed E-state index contributed by atoms with van der Waals surface area (Å²) in [4.78, 5) is 2.10. The second-order valence-corrected chi connectivity index (χ2v) is 8.96. The minimum Gasteiger partial charge on any atom is -0.497 e. The average molecular weight is 422 g/mol. The van der Waals surface area contributed by atoms with Crippen molar-refractivity contribution in [3.63, 3.8) is 0 Å². The minimum atomic E-state index is -3.87. The van der Waals surface area contributed by atoms with Crippen LogP contribution in [0.3, 0.4) is 0 Å². The molecule has 1 aromatic heterocycles. The maximum atomic E-state index is 13.5. The molecule has 0 atom stereocenters. The van der Waals surface area contributed by atoms with Crippen LogP contribution in [0.2, 0.25) is 5.02 Å². The van der Waals surface area contributed by atoms with Gasteiger partial charge in [0.05, 0.1) is 23.3 Å². The van der Waals surface area contributed by atoms with Crippen LogP contribution in [0.25, 0.3) is 10.9 Å². The van der Waals surface area contributed by atoms with E-state index in [1.54, 1.807) is 38.3 Å². The van der Waals surface area contributed by atoms with Gasteiger partial charge in [-0.15, -0.1) is 0 Å². The van der Waals surface area contributed by atoms with Crippen molar-refractivity contribution in [1.29, 1.82) is 0 Å². The molecule has 0 saturated heterocycles. The minimum absolute atomic E-state index is 0.0698. The number of fused-ring (bicyclic) bond motifs is 1. The van der Waals surface area contributed by atoms with Gasteiger partial charge >= 0.3 is 0 Å². The summed E-state index contributed by atoms with van der Waals surface area (Å²) in [7, 11) is 1.65. The molecule has 0 spiro atoms. The SMILES string of the molecule is COc1ccc2c(c1)cc(C)n2S(=O)(=O)c1cccc(NCCN(C)C)c1Cl. The number of aromatic nitrogens is 1. The first-order valence-corrected chi connectivity index (χ1v) is 10.7. The molecule has 3 rings (SSSR count). The first kappa shape index (κ1) is 20.5. The molecule has 3 aromatic rings. The number of nitrogens with zero attached hydrogens (tertiary/aromatic N) is 2. The maximum Gasteiger partial charge on any atom is 0.269 e. The zero-order valence-electron chi connectivity index (χ0n) is 16.4. The lowest BCUT2D eigenvalue weighted by molar-refractivity contribution is 0.415. The Morgan fingerprint density at radius 2 is 1.93 bits per heavy atom. The predicted molar refractivity (Wildman–Crippen MR) is 114 cm³/mol. The smallest absolute Gasteiger partial charge is 0.269 e. The summed E-state index contributed by atoms with van der Waals surface area (Å²) in [5, 5.41) is 4.18. The second kappa shape index (κ2) is 8.03. The normalized spacial score (nSPS) is 11.9. The Morgan fingerprint density at radius 3 is 2.61 bits per heavy atom. The van der Waals surface area contributed by atoms with E-state index in [0.717, 1.165) is 11.9 Å². The van der Waals surface area contributed by atoms with Crippen LogP contribution in [-0.2, 0) is 10.0 Å². The Kier molecular flexibility index (Phi) is 5.88. The van der Waals surface area contributed by atoms with Crippen molar-refractivity contribution in [3.05, 3.63) is 53.2 Å². The Labute approximate surface area is 170 Å². The molecule has 1 N–H and O–H groups in total. The standard InChI is InChI=1S/C20H24ClN3O3S/c1-14-12-15-13-16(27-4)8-9-18(15)24(14)28(25,26)19-7-5-6-17(20(19)21)22-10-11-23(2)3/h5-9,12-13,22H,10-11H2,1-4H3. The van der Waals surface area contributed by atoms with Crippen LogP contribution in [0, 0.1) is 6.92 Å². The number of hydrogen-bond donors (Lipinski definition) is 1. The van der Waals surface area contributed by atoms with Crippen molar-refractivity contribution in [3.8, 4) is 5.75 Å². The molecule has 150 valence electrons. The van der Waals surface area contributed by atoms with Gasteiger partial charge in [-0.3, -0.25) is 0 Å². The largest absolute Gasteiger partial charge is 0.497 e. The molecular formula is C20H24ClN3O3S.